The van der Waals surface area contributed by atoms with Crippen LogP contribution in [0.15, 0.2) is 42.5 Å². The van der Waals surface area contributed by atoms with Gasteiger partial charge in [-0.3, -0.25) is 14.9 Å². The van der Waals surface area contributed by atoms with Gasteiger partial charge in [0.15, 0.2) is 0 Å². The minimum absolute atomic E-state index is 0.170. The van der Waals surface area contributed by atoms with Gasteiger partial charge in [-0.05, 0) is 63.4 Å². The number of aliphatic carboxylic acids is 1. The molecule has 2 atom stereocenters. The zero-order valence-corrected chi connectivity index (χ0v) is 17.9. The molecule has 0 saturated carbocycles. The second-order valence-corrected chi connectivity index (χ2v) is 8.06. The van der Waals surface area contributed by atoms with Gasteiger partial charge in [0.05, 0.1) is 7.11 Å². The van der Waals surface area contributed by atoms with Gasteiger partial charge in [0.25, 0.3) is 0 Å². The van der Waals surface area contributed by atoms with E-state index in [1.807, 2.05) is 0 Å². The Morgan fingerprint density at radius 1 is 1.13 bits per heavy atom. The molecule has 2 aromatic rings. The summed E-state index contributed by atoms with van der Waals surface area (Å²) in [5, 5.41) is 12.4. The number of carbonyl (C=O) groups is 2. The summed E-state index contributed by atoms with van der Waals surface area (Å²) in [6, 6.07) is 9.63. The number of ether oxygens (including phenoxy) is 2. The molecule has 0 bridgehead atoms. The molecule has 0 fully saturated rings. The van der Waals surface area contributed by atoms with Crippen molar-refractivity contribution in [3.8, 4) is 16.9 Å². The van der Waals surface area contributed by atoms with E-state index in [1.54, 1.807) is 58.0 Å². The summed E-state index contributed by atoms with van der Waals surface area (Å²) < 4.78 is 24.2. The number of carboxylic acid groups (broad SMARTS) is 1. The molecule has 0 radical (unpaired) electrons. The first-order chi connectivity index (χ1) is 14.0. The first kappa shape index (κ1) is 23.3. The third kappa shape index (κ3) is 6.56. The van der Waals surface area contributed by atoms with Crippen LogP contribution in [-0.2, 0) is 20.7 Å². The van der Waals surface area contributed by atoms with Gasteiger partial charge in [-0.1, -0.05) is 24.3 Å². The first-order valence-corrected chi connectivity index (χ1v) is 9.64. The van der Waals surface area contributed by atoms with E-state index in [2.05, 4.69) is 5.32 Å². The van der Waals surface area contributed by atoms with Crippen molar-refractivity contribution in [3.63, 3.8) is 0 Å². The smallest absolute Gasteiger partial charge is 0.323 e. The molecule has 0 saturated heterocycles. The molecule has 162 valence electrons. The van der Waals surface area contributed by atoms with Crippen molar-refractivity contribution in [1.82, 2.24) is 5.32 Å². The summed E-state index contributed by atoms with van der Waals surface area (Å²) in [7, 11) is 1.51. The van der Waals surface area contributed by atoms with Gasteiger partial charge in [-0.2, -0.15) is 0 Å². The maximum absolute atomic E-state index is 13.6. The molecule has 0 aromatic heterocycles. The molecule has 0 spiro atoms. The average molecular weight is 417 g/mol. The van der Waals surface area contributed by atoms with Gasteiger partial charge >= 0.3 is 11.9 Å². The predicted molar refractivity (Wildman–Crippen MR) is 112 cm³/mol. The Morgan fingerprint density at radius 3 is 2.30 bits per heavy atom. The third-order valence-corrected chi connectivity index (χ3v) is 4.38. The van der Waals surface area contributed by atoms with Crippen LogP contribution in [0, 0.1) is 5.82 Å². The highest BCUT2D eigenvalue weighted by atomic mass is 19.1. The topological polar surface area (TPSA) is 84.9 Å². The SMILES string of the molecule is COc1ccc(F)cc1-c1ccc(C[C@H](N[C@@H](C)C(=O)OC(C)(C)C)C(=O)O)cc1. The van der Waals surface area contributed by atoms with Crippen LogP contribution in [0.5, 0.6) is 5.75 Å². The highest BCUT2D eigenvalue weighted by Gasteiger charge is 2.27. The molecule has 6 nitrogen and oxygen atoms in total. The molecule has 2 aromatic carbocycles. The second kappa shape index (κ2) is 9.71. The zero-order valence-electron chi connectivity index (χ0n) is 17.9. The van der Waals surface area contributed by atoms with Gasteiger partial charge in [0.2, 0.25) is 0 Å². The van der Waals surface area contributed by atoms with Crippen LogP contribution >= 0.6 is 0 Å². The van der Waals surface area contributed by atoms with E-state index >= 15 is 0 Å². The van der Waals surface area contributed by atoms with Crippen LogP contribution in [0.2, 0.25) is 0 Å². The average Bonchev–Trinajstić information content (AvgIpc) is 2.66. The number of rotatable bonds is 8. The van der Waals surface area contributed by atoms with Gasteiger partial charge in [0, 0.05) is 5.56 Å². The summed E-state index contributed by atoms with van der Waals surface area (Å²) in [5.74, 6) is -1.41. The van der Waals surface area contributed by atoms with Crippen molar-refractivity contribution < 1.29 is 28.6 Å². The maximum Gasteiger partial charge on any atom is 0.323 e. The largest absolute Gasteiger partial charge is 0.496 e. The van der Waals surface area contributed by atoms with Gasteiger partial charge in [0.1, 0.15) is 29.3 Å². The summed E-state index contributed by atoms with van der Waals surface area (Å²) >= 11 is 0. The van der Waals surface area contributed by atoms with Crippen molar-refractivity contribution in [3.05, 3.63) is 53.8 Å². The fourth-order valence-electron chi connectivity index (χ4n) is 2.94. The quantitative estimate of drug-likeness (QED) is 0.636. The second-order valence-electron chi connectivity index (χ2n) is 8.06. The third-order valence-electron chi connectivity index (χ3n) is 4.38. The van der Waals surface area contributed by atoms with E-state index in [-0.39, 0.29) is 12.2 Å². The van der Waals surface area contributed by atoms with Gasteiger partial charge in [-0.15, -0.1) is 0 Å². The van der Waals surface area contributed by atoms with Crippen molar-refractivity contribution >= 4 is 11.9 Å². The Labute approximate surface area is 176 Å². The first-order valence-electron chi connectivity index (χ1n) is 9.64. The van der Waals surface area contributed by atoms with Crippen LogP contribution in [0.1, 0.15) is 33.3 Å². The van der Waals surface area contributed by atoms with Crippen molar-refractivity contribution in [2.75, 3.05) is 7.11 Å². The molecule has 0 aliphatic carbocycles. The van der Waals surface area contributed by atoms with E-state index in [1.165, 1.54) is 19.2 Å². The van der Waals surface area contributed by atoms with Gasteiger partial charge in [-0.25, -0.2) is 4.39 Å². The lowest BCUT2D eigenvalue weighted by Gasteiger charge is -2.24. The minimum atomic E-state index is -1.07. The lowest BCUT2D eigenvalue weighted by atomic mass is 9.99. The van der Waals surface area contributed by atoms with E-state index in [9.17, 15) is 19.1 Å². The molecule has 0 unspecified atom stereocenters. The Hall–Kier alpha value is -2.93. The van der Waals surface area contributed by atoms with E-state index < -0.39 is 29.6 Å². The molecule has 7 heteroatoms. The van der Waals surface area contributed by atoms with E-state index in [0.717, 1.165) is 11.1 Å². The number of carbonyl (C=O) groups excluding carboxylic acids is 1. The summed E-state index contributed by atoms with van der Waals surface area (Å²) in [4.78, 5) is 23.8. The standard InChI is InChI=1S/C23H28FNO5/c1-14(22(28)30-23(2,3)4)25-19(21(26)27)12-15-6-8-16(9-7-15)18-13-17(24)10-11-20(18)29-5/h6-11,13-14,19,25H,12H2,1-5H3,(H,26,27)/t14-,19-/m0/s1. The Bertz CT molecular complexity index is 889. The maximum atomic E-state index is 13.6. The van der Waals surface area contributed by atoms with Crippen molar-refractivity contribution in [1.29, 1.82) is 0 Å². The highest BCUT2D eigenvalue weighted by Crippen LogP contribution is 2.30. The Kier molecular flexibility index (Phi) is 7.56. The summed E-state index contributed by atoms with van der Waals surface area (Å²) in [6.45, 7) is 6.83. The number of nitrogens with one attached hydrogen (secondary N) is 1. The monoisotopic (exact) mass is 417 g/mol. The van der Waals surface area contributed by atoms with Crippen LogP contribution in [0.25, 0.3) is 11.1 Å². The predicted octanol–water partition coefficient (Wildman–Crippen LogP) is 3.82. The molecule has 0 amide bonds. The van der Waals surface area contributed by atoms with Crippen molar-refractivity contribution in [2.24, 2.45) is 0 Å². The molecule has 2 N–H and O–H groups in total. The number of esters is 1. The fourth-order valence-corrected chi connectivity index (χ4v) is 2.94. The molecule has 0 heterocycles. The molecule has 2 rings (SSSR count). The number of hydrogen-bond acceptors (Lipinski definition) is 5. The van der Waals surface area contributed by atoms with Gasteiger partial charge < -0.3 is 14.6 Å². The normalized spacial score (nSPS) is 13.4. The Morgan fingerprint density at radius 2 is 1.77 bits per heavy atom. The molecular weight excluding hydrogens is 389 g/mol. The molecule has 0 aliphatic rings. The summed E-state index contributed by atoms with van der Waals surface area (Å²) in [6.07, 6.45) is 0.170. The zero-order chi connectivity index (χ0) is 22.5. The fraction of sp³-hybridized carbons (Fsp3) is 0.391. The lowest BCUT2D eigenvalue weighted by molar-refractivity contribution is -0.157. The molecule has 0 aliphatic heterocycles. The molecular formula is C23H28FNO5. The van der Waals surface area contributed by atoms with Crippen molar-refractivity contribution in [2.45, 2.75) is 51.8 Å². The highest BCUT2D eigenvalue weighted by molar-refractivity contribution is 5.79. The van der Waals surface area contributed by atoms with Crippen LogP contribution in [0.4, 0.5) is 4.39 Å². The number of methoxy groups -OCH3 is 1. The number of carboxylic acids is 1. The van der Waals surface area contributed by atoms with Crippen LogP contribution in [-0.4, -0.2) is 41.8 Å². The summed E-state index contributed by atoms with van der Waals surface area (Å²) in [5.41, 5.74) is 1.46. The Balaban J connectivity index is 2.12. The van der Waals surface area contributed by atoms with Crippen LogP contribution < -0.4 is 10.1 Å². The van der Waals surface area contributed by atoms with E-state index in [4.69, 9.17) is 9.47 Å². The minimum Gasteiger partial charge on any atom is -0.496 e. The number of halogens is 1. The lowest BCUT2D eigenvalue weighted by Crippen LogP contribution is -2.48. The number of benzene rings is 2. The number of hydrogen-bond donors (Lipinski definition) is 2. The molecule has 30 heavy (non-hydrogen) atoms. The van der Waals surface area contributed by atoms with Crippen LogP contribution in [0.3, 0.4) is 0 Å². The van der Waals surface area contributed by atoms with E-state index in [0.29, 0.717) is 11.3 Å².